The molecule has 0 fully saturated rings. The summed E-state index contributed by atoms with van der Waals surface area (Å²) in [5, 5.41) is 7.06. The van der Waals surface area contributed by atoms with Crippen LogP contribution in [-0.4, -0.2) is 23.7 Å². The maximum Gasteiger partial charge on any atom is 0.273 e. The first-order chi connectivity index (χ1) is 11.7. The normalized spacial score (nSPS) is 16.9. The molecule has 2 heterocycles. The Labute approximate surface area is 141 Å². The smallest absolute Gasteiger partial charge is 0.273 e. The molecule has 1 amide bonds. The number of rotatable bonds is 4. The summed E-state index contributed by atoms with van der Waals surface area (Å²) in [4.78, 5) is 12.5. The second kappa shape index (κ2) is 6.30. The van der Waals surface area contributed by atoms with E-state index < -0.39 is 0 Å². The van der Waals surface area contributed by atoms with Crippen molar-refractivity contribution in [2.24, 2.45) is 0 Å². The molecule has 2 aliphatic rings. The van der Waals surface area contributed by atoms with Gasteiger partial charge in [-0.25, -0.2) is 0 Å². The molecule has 0 spiro atoms. The van der Waals surface area contributed by atoms with Crippen molar-refractivity contribution >= 4 is 5.91 Å². The molecule has 1 N–H and O–H groups in total. The van der Waals surface area contributed by atoms with E-state index in [-0.39, 0.29) is 11.9 Å². The van der Waals surface area contributed by atoms with Crippen molar-refractivity contribution < 1.29 is 14.1 Å². The number of carbonyl (C=O) groups is 1. The number of carbonyl (C=O) groups excluding carboxylic acids is 1. The third-order valence-corrected chi connectivity index (χ3v) is 4.84. The minimum absolute atomic E-state index is 0.0359. The third-order valence-electron chi connectivity index (χ3n) is 4.84. The van der Waals surface area contributed by atoms with Crippen LogP contribution in [0.1, 0.15) is 52.7 Å². The average molecular weight is 326 g/mol. The van der Waals surface area contributed by atoms with Gasteiger partial charge in [-0.1, -0.05) is 17.3 Å². The van der Waals surface area contributed by atoms with Crippen molar-refractivity contribution in [1.29, 1.82) is 0 Å². The summed E-state index contributed by atoms with van der Waals surface area (Å²) in [5.41, 5.74) is 3.95. The van der Waals surface area contributed by atoms with E-state index in [4.69, 9.17) is 9.26 Å². The van der Waals surface area contributed by atoms with Gasteiger partial charge in [0.2, 0.25) is 0 Å². The van der Waals surface area contributed by atoms with Gasteiger partial charge >= 0.3 is 0 Å². The van der Waals surface area contributed by atoms with E-state index in [9.17, 15) is 4.79 Å². The van der Waals surface area contributed by atoms with E-state index in [0.29, 0.717) is 5.69 Å². The summed E-state index contributed by atoms with van der Waals surface area (Å²) in [6.45, 7) is 2.79. The Bertz CT molecular complexity index is 766. The Hall–Kier alpha value is -2.30. The number of ether oxygens (including phenoxy) is 1. The molecule has 0 radical (unpaired) electrons. The molecular formula is C19H22N2O3. The molecule has 5 nitrogen and oxygen atoms in total. The Morgan fingerprint density at radius 3 is 3.08 bits per heavy atom. The SMILES string of the molecule is CC(Cc1ccc2c(c1)CCO2)NC(=O)c1noc2c1CCCC2. The van der Waals surface area contributed by atoms with Crippen LogP contribution >= 0.6 is 0 Å². The molecule has 24 heavy (non-hydrogen) atoms. The van der Waals surface area contributed by atoms with E-state index in [0.717, 1.165) is 62.2 Å². The van der Waals surface area contributed by atoms with Crippen LogP contribution in [0.4, 0.5) is 0 Å². The van der Waals surface area contributed by atoms with E-state index in [1.54, 1.807) is 0 Å². The lowest BCUT2D eigenvalue weighted by Gasteiger charge is -2.15. The van der Waals surface area contributed by atoms with Crippen molar-refractivity contribution in [1.82, 2.24) is 10.5 Å². The number of aromatic nitrogens is 1. The first-order valence-electron chi connectivity index (χ1n) is 8.73. The van der Waals surface area contributed by atoms with E-state index in [1.807, 2.05) is 13.0 Å². The van der Waals surface area contributed by atoms with Crippen LogP contribution in [0.3, 0.4) is 0 Å². The standard InChI is InChI=1S/C19H22N2O3/c1-12(10-13-6-7-16-14(11-13)8-9-23-16)20-19(22)18-15-4-2-3-5-17(15)24-21-18/h6-7,11-12H,2-5,8-10H2,1H3,(H,20,22). The van der Waals surface area contributed by atoms with Gasteiger partial charge in [-0.2, -0.15) is 0 Å². The fourth-order valence-electron chi connectivity index (χ4n) is 3.63. The fraction of sp³-hybridized carbons (Fsp3) is 0.474. The highest BCUT2D eigenvalue weighted by molar-refractivity contribution is 5.94. The van der Waals surface area contributed by atoms with Crippen LogP contribution in [0.25, 0.3) is 0 Å². The van der Waals surface area contributed by atoms with Crippen molar-refractivity contribution in [3.63, 3.8) is 0 Å². The average Bonchev–Trinajstić information content (AvgIpc) is 3.20. The Morgan fingerprint density at radius 1 is 1.29 bits per heavy atom. The number of amides is 1. The first-order valence-corrected chi connectivity index (χ1v) is 8.73. The van der Waals surface area contributed by atoms with E-state index >= 15 is 0 Å². The molecule has 1 aromatic heterocycles. The lowest BCUT2D eigenvalue weighted by molar-refractivity contribution is 0.0930. The van der Waals surface area contributed by atoms with Crippen LogP contribution in [0.2, 0.25) is 0 Å². The number of aryl methyl sites for hydroxylation is 1. The maximum atomic E-state index is 12.5. The highest BCUT2D eigenvalue weighted by Gasteiger charge is 2.24. The summed E-state index contributed by atoms with van der Waals surface area (Å²) in [7, 11) is 0. The number of hydrogen-bond acceptors (Lipinski definition) is 4. The third kappa shape index (κ3) is 2.90. The van der Waals surface area contributed by atoms with Gasteiger partial charge in [0.1, 0.15) is 11.5 Å². The van der Waals surface area contributed by atoms with Gasteiger partial charge in [0, 0.05) is 24.4 Å². The lowest BCUT2D eigenvalue weighted by Crippen LogP contribution is -2.35. The Kier molecular flexibility index (Phi) is 4.00. The van der Waals surface area contributed by atoms with Crippen LogP contribution in [-0.2, 0) is 25.7 Å². The summed E-state index contributed by atoms with van der Waals surface area (Å²) in [5.74, 6) is 1.75. The second-order valence-electron chi connectivity index (χ2n) is 6.76. The lowest BCUT2D eigenvalue weighted by atomic mass is 9.96. The van der Waals surface area contributed by atoms with Crippen LogP contribution in [0.5, 0.6) is 5.75 Å². The molecule has 1 unspecified atom stereocenters. The van der Waals surface area contributed by atoms with Crippen molar-refractivity contribution in [2.45, 2.75) is 51.5 Å². The zero-order valence-electron chi connectivity index (χ0n) is 13.9. The van der Waals surface area contributed by atoms with Gasteiger partial charge in [0.15, 0.2) is 5.69 Å². The number of nitrogens with zero attached hydrogens (tertiary/aromatic N) is 1. The predicted octanol–water partition coefficient (Wildman–Crippen LogP) is 2.85. The highest BCUT2D eigenvalue weighted by atomic mass is 16.5. The minimum Gasteiger partial charge on any atom is -0.493 e. The first kappa shape index (κ1) is 15.2. The second-order valence-corrected chi connectivity index (χ2v) is 6.76. The Morgan fingerprint density at radius 2 is 2.17 bits per heavy atom. The fourth-order valence-corrected chi connectivity index (χ4v) is 3.63. The van der Waals surface area contributed by atoms with E-state index in [2.05, 4.69) is 22.6 Å². The van der Waals surface area contributed by atoms with Crippen LogP contribution < -0.4 is 10.1 Å². The molecular weight excluding hydrogens is 304 g/mol. The summed E-state index contributed by atoms with van der Waals surface area (Å²) >= 11 is 0. The molecule has 4 rings (SSSR count). The summed E-state index contributed by atoms with van der Waals surface area (Å²) in [6, 6.07) is 6.32. The van der Waals surface area contributed by atoms with Crippen molar-refractivity contribution in [3.8, 4) is 5.75 Å². The molecule has 1 aliphatic heterocycles. The van der Waals surface area contributed by atoms with Gasteiger partial charge < -0.3 is 14.6 Å². The number of benzene rings is 1. The molecule has 126 valence electrons. The van der Waals surface area contributed by atoms with Crippen LogP contribution in [0.15, 0.2) is 22.7 Å². The highest BCUT2D eigenvalue weighted by Crippen LogP contribution is 2.27. The maximum absolute atomic E-state index is 12.5. The van der Waals surface area contributed by atoms with Gasteiger partial charge in [0.25, 0.3) is 5.91 Å². The molecule has 0 saturated carbocycles. The molecule has 0 saturated heterocycles. The largest absolute Gasteiger partial charge is 0.493 e. The van der Waals surface area contributed by atoms with Crippen molar-refractivity contribution in [3.05, 3.63) is 46.3 Å². The number of hydrogen-bond donors (Lipinski definition) is 1. The molecule has 5 heteroatoms. The molecule has 1 aliphatic carbocycles. The number of nitrogens with one attached hydrogen (secondary N) is 1. The molecule has 2 aromatic rings. The van der Waals surface area contributed by atoms with Gasteiger partial charge in [-0.05, 0) is 49.8 Å². The molecule has 1 aromatic carbocycles. The predicted molar refractivity (Wildman–Crippen MR) is 89.4 cm³/mol. The molecule has 1 atom stereocenters. The number of fused-ring (bicyclic) bond motifs is 2. The van der Waals surface area contributed by atoms with Crippen LogP contribution in [0, 0.1) is 0 Å². The van der Waals surface area contributed by atoms with Gasteiger partial charge in [-0.15, -0.1) is 0 Å². The van der Waals surface area contributed by atoms with Crippen molar-refractivity contribution in [2.75, 3.05) is 6.61 Å². The minimum atomic E-state index is -0.126. The van der Waals surface area contributed by atoms with Gasteiger partial charge in [-0.3, -0.25) is 4.79 Å². The zero-order valence-corrected chi connectivity index (χ0v) is 13.9. The Balaban J connectivity index is 1.41. The summed E-state index contributed by atoms with van der Waals surface area (Å²) < 4.78 is 10.9. The monoisotopic (exact) mass is 326 g/mol. The van der Waals surface area contributed by atoms with Gasteiger partial charge in [0.05, 0.1) is 6.61 Å². The zero-order chi connectivity index (χ0) is 16.5. The quantitative estimate of drug-likeness (QED) is 0.938. The molecule has 0 bridgehead atoms. The summed E-state index contributed by atoms with van der Waals surface area (Å²) in [6.07, 6.45) is 5.75. The van der Waals surface area contributed by atoms with E-state index in [1.165, 1.54) is 11.1 Å². The topological polar surface area (TPSA) is 64.4 Å².